The highest BCUT2D eigenvalue weighted by atomic mass is 16.5. The van der Waals surface area contributed by atoms with Gasteiger partial charge in [0.2, 0.25) is 0 Å². The van der Waals surface area contributed by atoms with Gasteiger partial charge in [0.05, 0.1) is 24.6 Å². The van der Waals surface area contributed by atoms with E-state index >= 15 is 0 Å². The average molecular weight is 378 g/mol. The van der Waals surface area contributed by atoms with Gasteiger partial charge in [0.1, 0.15) is 0 Å². The molecule has 0 aromatic heterocycles. The summed E-state index contributed by atoms with van der Waals surface area (Å²) in [5, 5.41) is 13.0. The number of carboxylic acid groups (broad SMARTS) is 1. The van der Waals surface area contributed by atoms with Crippen LogP contribution in [0.25, 0.3) is 0 Å². The third kappa shape index (κ3) is 3.36. The van der Waals surface area contributed by atoms with Crippen molar-refractivity contribution < 1.29 is 14.6 Å². The van der Waals surface area contributed by atoms with Crippen LogP contribution in [0.4, 0.5) is 0 Å². The molecular weight excluding hydrogens is 350 g/mol. The zero-order valence-electron chi connectivity index (χ0n) is 16.3. The Kier molecular flexibility index (Phi) is 5.79. The molecule has 1 saturated heterocycles. The van der Waals surface area contributed by atoms with Crippen LogP contribution in [0, 0.1) is 5.92 Å². The van der Waals surface area contributed by atoms with Gasteiger partial charge in [0.25, 0.3) is 0 Å². The van der Waals surface area contributed by atoms with E-state index in [0.717, 1.165) is 63.1 Å². The van der Waals surface area contributed by atoms with Gasteiger partial charge in [-0.3, -0.25) is 4.90 Å². The normalized spacial score (nSPS) is 24.0. The summed E-state index contributed by atoms with van der Waals surface area (Å²) >= 11 is 0. The van der Waals surface area contributed by atoms with Gasteiger partial charge in [-0.1, -0.05) is 73.5 Å². The molecule has 0 radical (unpaired) electrons. The zero-order valence-corrected chi connectivity index (χ0v) is 16.3. The summed E-state index contributed by atoms with van der Waals surface area (Å²) in [6.45, 7) is 3.18. The minimum atomic E-state index is -1.15. The summed E-state index contributed by atoms with van der Waals surface area (Å²) in [6, 6.07) is 19.6. The monoisotopic (exact) mass is 378 g/mol. The van der Waals surface area contributed by atoms with E-state index in [9.17, 15) is 9.90 Å². The van der Waals surface area contributed by atoms with E-state index in [1.54, 1.807) is 0 Å². The van der Waals surface area contributed by atoms with Gasteiger partial charge in [-0.25, -0.2) is 0 Å². The zero-order chi connectivity index (χ0) is 19.4. The van der Waals surface area contributed by atoms with Crippen LogP contribution in [0.3, 0.4) is 0 Å². The highest BCUT2D eigenvalue weighted by Gasteiger charge is 2.49. The number of rotatable bonds is 5. The second-order valence-electron chi connectivity index (χ2n) is 7.93. The smallest absolute Gasteiger partial charge is 0.0640 e. The van der Waals surface area contributed by atoms with Crippen LogP contribution in [-0.4, -0.2) is 43.2 Å². The predicted molar refractivity (Wildman–Crippen MR) is 107 cm³/mol. The molecule has 0 amide bonds. The van der Waals surface area contributed by atoms with E-state index in [4.69, 9.17) is 4.74 Å². The van der Waals surface area contributed by atoms with E-state index in [-0.39, 0.29) is 12.0 Å². The molecule has 2 aromatic carbocycles. The number of ether oxygens (including phenoxy) is 1. The van der Waals surface area contributed by atoms with Crippen molar-refractivity contribution in [3.05, 3.63) is 71.8 Å². The Balaban J connectivity index is 1.87. The first-order chi connectivity index (χ1) is 13.7. The number of morpholine rings is 1. The molecule has 2 fully saturated rings. The molecule has 2 atom stereocenters. The number of aliphatic carboxylic acids is 1. The Morgan fingerprint density at radius 3 is 1.96 bits per heavy atom. The molecule has 148 valence electrons. The SMILES string of the molecule is O=C([O-])C(c1ccccc1)(c1ccccc1)C1CCCCC1N1CCOCC1. The van der Waals surface area contributed by atoms with Crippen LogP contribution in [0.2, 0.25) is 0 Å². The molecule has 0 N–H and O–H groups in total. The van der Waals surface area contributed by atoms with E-state index in [0.29, 0.717) is 0 Å². The van der Waals surface area contributed by atoms with E-state index in [2.05, 4.69) is 4.90 Å². The lowest BCUT2D eigenvalue weighted by Crippen LogP contribution is -2.60. The van der Waals surface area contributed by atoms with Crippen molar-refractivity contribution in [2.45, 2.75) is 37.1 Å². The minimum Gasteiger partial charge on any atom is -0.549 e. The molecule has 2 aromatic rings. The number of carbonyl (C=O) groups is 1. The fourth-order valence-corrected chi connectivity index (χ4v) is 5.35. The number of benzene rings is 2. The van der Waals surface area contributed by atoms with E-state index < -0.39 is 11.4 Å². The maximum Gasteiger partial charge on any atom is 0.0640 e. The first-order valence-corrected chi connectivity index (χ1v) is 10.4. The molecule has 2 aliphatic rings. The van der Waals surface area contributed by atoms with Crippen molar-refractivity contribution in [2.24, 2.45) is 5.92 Å². The van der Waals surface area contributed by atoms with Gasteiger partial charge < -0.3 is 14.6 Å². The molecular formula is C24H28NO3-. The fraction of sp³-hybridized carbons (Fsp3) is 0.458. The summed E-state index contributed by atoms with van der Waals surface area (Å²) in [5.41, 5.74) is 0.504. The molecule has 0 spiro atoms. The maximum atomic E-state index is 13.0. The lowest BCUT2D eigenvalue weighted by molar-refractivity contribution is -0.315. The van der Waals surface area contributed by atoms with Crippen LogP contribution >= 0.6 is 0 Å². The Bertz CT molecular complexity index is 731. The Labute approximate surface area is 167 Å². The summed E-state index contributed by atoms with van der Waals surface area (Å²) in [7, 11) is 0. The number of hydrogen-bond acceptors (Lipinski definition) is 4. The topological polar surface area (TPSA) is 52.6 Å². The Morgan fingerprint density at radius 2 is 1.43 bits per heavy atom. The molecule has 28 heavy (non-hydrogen) atoms. The van der Waals surface area contributed by atoms with Crippen LogP contribution < -0.4 is 5.11 Å². The molecule has 1 aliphatic carbocycles. The molecule has 2 unspecified atom stereocenters. The highest BCUT2D eigenvalue weighted by Crippen LogP contribution is 2.47. The van der Waals surface area contributed by atoms with Crippen LogP contribution in [-0.2, 0) is 14.9 Å². The third-order valence-corrected chi connectivity index (χ3v) is 6.58. The van der Waals surface area contributed by atoms with Crippen molar-refractivity contribution in [1.29, 1.82) is 0 Å². The van der Waals surface area contributed by atoms with Crippen molar-refractivity contribution in [2.75, 3.05) is 26.3 Å². The third-order valence-electron chi connectivity index (χ3n) is 6.58. The van der Waals surface area contributed by atoms with Gasteiger partial charge >= 0.3 is 0 Å². The Hall–Kier alpha value is -2.17. The molecule has 4 nitrogen and oxygen atoms in total. The summed E-state index contributed by atoms with van der Waals surface area (Å²) in [5.74, 6) is -1.02. The second-order valence-corrected chi connectivity index (χ2v) is 7.93. The van der Waals surface area contributed by atoms with Crippen LogP contribution in [0.5, 0.6) is 0 Å². The number of carbonyl (C=O) groups excluding carboxylic acids is 1. The molecule has 4 rings (SSSR count). The fourth-order valence-electron chi connectivity index (χ4n) is 5.35. The number of hydrogen-bond donors (Lipinski definition) is 0. The summed E-state index contributed by atoms with van der Waals surface area (Å²) < 4.78 is 5.56. The first-order valence-electron chi connectivity index (χ1n) is 10.4. The number of nitrogens with zero attached hydrogens (tertiary/aromatic N) is 1. The van der Waals surface area contributed by atoms with Gasteiger partial charge in [-0.15, -0.1) is 0 Å². The standard InChI is InChI=1S/C24H29NO3/c26-23(27)24(19-9-3-1-4-10-19,20-11-5-2-6-12-20)21-13-7-8-14-22(21)25-15-17-28-18-16-25/h1-6,9-12,21-22H,7-8,13-18H2,(H,26,27)/p-1. The average Bonchev–Trinajstić information content (AvgIpc) is 2.77. The second kappa shape index (κ2) is 8.46. The molecule has 1 aliphatic heterocycles. The lowest BCUT2D eigenvalue weighted by atomic mass is 9.59. The summed E-state index contributed by atoms with van der Waals surface area (Å²) in [6.07, 6.45) is 4.12. The van der Waals surface area contributed by atoms with Crippen molar-refractivity contribution >= 4 is 5.97 Å². The summed E-state index contributed by atoms with van der Waals surface area (Å²) in [4.78, 5) is 15.5. The van der Waals surface area contributed by atoms with Crippen molar-refractivity contribution in [1.82, 2.24) is 4.90 Å². The van der Waals surface area contributed by atoms with Crippen molar-refractivity contribution in [3.8, 4) is 0 Å². The van der Waals surface area contributed by atoms with Crippen molar-refractivity contribution in [3.63, 3.8) is 0 Å². The first kappa shape index (κ1) is 19.2. The number of carboxylic acids is 1. The van der Waals surface area contributed by atoms with Gasteiger partial charge in [-0.05, 0) is 29.9 Å². The maximum absolute atomic E-state index is 13.0. The van der Waals surface area contributed by atoms with Gasteiger partial charge in [0.15, 0.2) is 0 Å². The minimum absolute atomic E-state index is 0.0332. The lowest BCUT2D eigenvalue weighted by Gasteiger charge is -2.51. The Morgan fingerprint density at radius 1 is 0.893 bits per heavy atom. The molecule has 4 heteroatoms. The van der Waals surface area contributed by atoms with Crippen LogP contribution in [0.1, 0.15) is 36.8 Å². The van der Waals surface area contributed by atoms with Gasteiger partial charge in [-0.2, -0.15) is 0 Å². The molecule has 0 bridgehead atoms. The van der Waals surface area contributed by atoms with E-state index in [1.807, 2.05) is 60.7 Å². The largest absolute Gasteiger partial charge is 0.549 e. The molecule has 1 saturated carbocycles. The highest BCUT2D eigenvalue weighted by molar-refractivity contribution is 5.85. The van der Waals surface area contributed by atoms with Gasteiger partial charge in [0, 0.05) is 19.1 Å². The van der Waals surface area contributed by atoms with E-state index in [1.165, 1.54) is 0 Å². The quantitative estimate of drug-likeness (QED) is 0.803. The molecule has 1 heterocycles. The predicted octanol–water partition coefficient (Wildman–Crippen LogP) is 2.61. The van der Waals surface area contributed by atoms with Crippen LogP contribution in [0.15, 0.2) is 60.7 Å².